The molecule has 0 fully saturated rings. The van der Waals surface area contributed by atoms with Crippen LogP contribution in [0.1, 0.15) is 13.8 Å². The van der Waals surface area contributed by atoms with E-state index in [1.165, 1.54) is 13.0 Å². The van der Waals surface area contributed by atoms with E-state index < -0.39 is 0 Å². The first-order valence-corrected chi connectivity index (χ1v) is 2.77. The summed E-state index contributed by atoms with van der Waals surface area (Å²) in [6.07, 6.45) is 4.86. The fraction of sp³-hybridized carbons (Fsp3) is 0.286. The predicted octanol–water partition coefficient (Wildman–Crippen LogP) is 0.994. The van der Waals surface area contributed by atoms with Crippen molar-refractivity contribution in [3.63, 3.8) is 0 Å². The van der Waals surface area contributed by atoms with Gasteiger partial charge in [0.25, 0.3) is 0 Å². The van der Waals surface area contributed by atoms with Crippen LogP contribution in [0.3, 0.4) is 0 Å². The quantitative estimate of drug-likeness (QED) is 0.442. The highest BCUT2D eigenvalue weighted by Crippen LogP contribution is 1.85. The molecule has 0 aliphatic carbocycles. The van der Waals surface area contributed by atoms with Crippen LogP contribution < -0.4 is 5.73 Å². The van der Waals surface area contributed by atoms with Crippen molar-refractivity contribution >= 4 is 5.78 Å². The Hall–Kier alpha value is -1.05. The summed E-state index contributed by atoms with van der Waals surface area (Å²) in [6.45, 7) is 3.32. The zero-order chi connectivity index (χ0) is 7.28. The molecule has 0 saturated heterocycles. The van der Waals surface area contributed by atoms with Gasteiger partial charge in [-0.05, 0) is 19.9 Å². The SMILES string of the molecule is C/C=C\C(N)=C/C(C)=O. The molecule has 0 aromatic carbocycles. The van der Waals surface area contributed by atoms with Gasteiger partial charge >= 0.3 is 0 Å². The molecule has 2 nitrogen and oxygen atoms in total. The standard InChI is InChI=1S/C7H11NO/c1-3-4-7(8)5-6(2)9/h3-5H,8H2,1-2H3/b4-3-,7-5+. The lowest BCUT2D eigenvalue weighted by molar-refractivity contribution is -0.112. The normalized spacial score (nSPS) is 12.4. The molecule has 0 aromatic heterocycles. The first-order valence-electron chi connectivity index (χ1n) is 2.77. The van der Waals surface area contributed by atoms with Gasteiger partial charge in [0.2, 0.25) is 0 Å². The molecule has 0 radical (unpaired) electrons. The molecule has 9 heavy (non-hydrogen) atoms. The largest absolute Gasteiger partial charge is 0.399 e. The summed E-state index contributed by atoms with van der Waals surface area (Å²) in [7, 11) is 0. The number of carbonyl (C=O) groups excluding carboxylic acids is 1. The Morgan fingerprint density at radius 1 is 1.56 bits per heavy atom. The van der Waals surface area contributed by atoms with Gasteiger partial charge in [0.1, 0.15) is 0 Å². The van der Waals surface area contributed by atoms with Crippen LogP contribution >= 0.6 is 0 Å². The van der Waals surface area contributed by atoms with Gasteiger partial charge in [-0.25, -0.2) is 0 Å². The zero-order valence-electron chi connectivity index (χ0n) is 5.72. The first kappa shape index (κ1) is 7.95. The molecule has 0 spiro atoms. The minimum Gasteiger partial charge on any atom is -0.399 e. The summed E-state index contributed by atoms with van der Waals surface area (Å²) in [5, 5.41) is 0. The van der Waals surface area contributed by atoms with Crippen LogP contribution in [-0.2, 0) is 4.79 Å². The van der Waals surface area contributed by atoms with E-state index in [0.717, 1.165) is 0 Å². The van der Waals surface area contributed by atoms with Crippen LogP contribution in [0, 0.1) is 0 Å². The van der Waals surface area contributed by atoms with E-state index in [-0.39, 0.29) is 5.78 Å². The van der Waals surface area contributed by atoms with Crippen molar-refractivity contribution in [1.29, 1.82) is 0 Å². The second kappa shape index (κ2) is 3.89. The maximum Gasteiger partial charge on any atom is 0.154 e. The van der Waals surface area contributed by atoms with Gasteiger partial charge < -0.3 is 5.73 Å². The molecule has 0 bridgehead atoms. The Labute approximate surface area is 55.1 Å². The molecule has 0 rings (SSSR count). The van der Waals surface area contributed by atoms with Crippen LogP contribution in [0.15, 0.2) is 23.9 Å². The van der Waals surface area contributed by atoms with Crippen LogP contribution in [0.25, 0.3) is 0 Å². The summed E-state index contributed by atoms with van der Waals surface area (Å²) >= 11 is 0. The van der Waals surface area contributed by atoms with Crippen LogP contribution in [0.2, 0.25) is 0 Å². The number of ketones is 1. The number of carbonyl (C=O) groups is 1. The van der Waals surface area contributed by atoms with Gasteiger partial charge in [0.05, 0.1) is 0 Å². The van der Waals surface area contributed by atoms with Gasteiger partial charge in [-0.1, -0.05) is 6.08 Å². The molecule has 0 amide bonds. The fourth-order valence-electron chi connectivity index (χ4n) is 0.475. The van der Waals surface area contributed by atoms with E-state index in [1.54, 1.807) is 12.2 Å². The van der Waals surface area contributed by atoms with E-state index in [0.29, 0.717) is 5.70 Å². The Morgan fingerprint density at radius 2 is 2.11 bits per heavy atom. The van der Waals surface area contributed by atoms with Crippen molar-refractivity contribution in [2.24, 2.45) is 5.73 Å². The van der Waals surface area contributed by atoms with Crippen LogP contribution in [0.4, 0.5) is 0 Å². The molecule has 0 heterocycles. The lowest BCUT2D eigenvalue weighted by Crippen LogP contribution is -1.95. The third kappa shape index (κ3) is 4.81. The van der Waals surface area contributed by atoms with Crippen LogP contribution in [0.5, 0.6) is 0 Å². The molecule has 2 heteroatoms. The molecular weight excluding hydrogens is 114 g/mol. The molecule has 2 N–H and O–H groups in total. The fourth-order valence-corrected chi connectivity index (χ4v) is 0.475. The first-order chi connectivity index (χ1) is 4.16. The molecule has 0 aliphatic heterocycles. The van der Waals surface area contributed by atoms with Gasteiger partial charge in [-0.2, -0.15) is 0 Å². The Morgan fingerprint density at radius 3 is 2.44 bits per heavy atom. The van der Waals surface area contributed by atoms with Crippen molar-refractivity contribution in [3.05, 3.63) is 23.9 Å². The summed E-state index contributed by atoms with van der Waals surface area (Å²) in [6, 6.07) is 0. The summed E-state index contributed by atoms with van der Waals surface area (Å²) in [5.74, 6) is -0.0226. The smallest absolute Gasteiger partial charge is 0.154 e. The third-order valence-electron chi connectivity index (χ3n) is 0.729. The molecule has 0 atom stereocenters. The van der Waals surface area contributed by atoms with Gasteiger partial charge in [-0.15, -0.1) is 0 Å². The lowest BCUT2D eigenvalue weighted by Gasteiger charge is -1.86. The molecular formula is C7H11NO. The maximum absolute atomic E-state index is 10.3. The zero-order valence-corrected chi connectivity index (χ0v) is 5.72. The average Bonchev–Trinajstić information content (AvgIpc) is 1.63. The summed E-state index contributed by atoms with van der Waals surface area (Å²) in [4.78, 5) is 10.3. The van der Waals surface area contributed by atoms with Crippen LogP contribution in [-0.4, -0.2) is 5.78 Å². The maximum atomic E-state index is 10.3. The minimum absolute atomic E-state index is 0.0226. The van der Waals surface area contributed by atoms with Crippen molar-refractivity contribution in [2.75, 3.05) is 0 Å². The highest BCUT2D eigenvalue weighted by Gasteiger charge is 1.84. The third-order valence-corrected chi connectivity index (χ3v) is 0.729. The van der Waals surface area contributed by atoms with E-state index in [9.17, 15) is 4.79 Å². The number of rotatable bonds is 2. The summed E-state index contributed by atoms with van der Waals surface area (Å²) < 4.78 is 0. The van der Waals surface area contributed by atoms with E-state index in [1.807, 2.05) is 6.92 Å². The van der Waals surface area contributed by atoms with Crippen molar-refractivity contribution in [3.8, 4) is 0 Å². The topological polar surface area (TPSA) is 43.1 Å². The second-order valence-electron chi connectivity index (χ2n) is 1.75. The van der Waals surface area contributed by atoms with Gasteiger partial charge in [-0.3, -0.25) is 4.79 Å². The summed E-state index contributed by atoms with van der Waals surface area (Å²) in [5.41, 5.74) is 5.84. The lowest BCUT2D eigenvalue weighted by atomic mass is 10.3. The Kier molecular flexibility index (Phi) is 3.44. The van der Waals surface area contributed by atoms with Crippen molar-refractivity contribution in [2.45, 2.75) is 13.8 Å². The molecule has 0 unspecified atom stereocenters. The number of hydrogen-bond donors (Lipinski definition) is 1. The van der Waals surface area contributed by atoms with Gasteiger partial charge in [0, 0.05) is 11.8 Å². The Bertz CT molecular complexity index is 156. The van der Waals surface area contributed by atoms with E-state index in [2.05, 4.69) is 0 Å². The number of hydrogen-bond acceptors (Lipinski definition) is 2. The second-order valence-corrected chi connectivity index (χ2v) is 1.75. The number of allylic oxidation sites excluding steroid dienone is 3. The van der Waals surface area contributed by atoms with Gasteiger partial charge in [0.15, 0.2) is 5.78 Å². The Balaban J connectivity index is 4.00. The minimum atomic E-state index is -0.0226. The average molecular weight is 125 g/mol. The predicted molar refractivity (Wildman–Crippen MR) is 37.8 cm³/mol. The molecule has 0 saturated carbocycles. The highest BCUT2D eigenvalue weighted by molar-refractivity contribution is 5.88. The van der Waals surface area contributed by atoms with E-state index in [4.69, 9.17) is 5.73 Å². The van der Waals surface area contributed by atoms with Crippen molar-refractivity contribution < 1.29 is 4.79 Å². The molecule has 0 aliphatic rings. The number of nitrogens with two attached hydrogens (primary N) is 1. The van der Waals surface area contributed by atoms with E-state index >= 15 is 0 Å². The highest BCUT2D eigenvalue weighted by atomic mass is 16.1. The molecule has 50 valence electrons. The van der Waals surface area contributed by atoms with Crippen molar-refractivity contribution in [1.82, 2.24) is 0 Å². The molecule has 0 aromatic rings. The monoisotopic (exact) mass is 125 g/mol.